The van der Waals surface area contributed by atoms with Crippen molar-refractivity contribution in [3.05, 3.63) is 71.3 Å². The molecule has 0 radical (unpaired) electrons. The first-order valence-electron chi connectivity index (χ1n) is 11.4. The maximum Gasteiger partial charge on any atom is 0.253 e. The van der Waals surface area contributed by atoms with Gasteiger partial charge in [0.15, 0.2) is 5.78 Å². The van der Waals surface area contributed by atoms with E-state index < -0.39 is 0 Å². The normalized spacial score (nSPS) is 26.7. The number of ether oxygens (including phenoxy) is 1. The van der Waals surface area contributed by atoms with Gasteiger partial charge in [0.25, 0.3) is 5.91 Å². The van der Waals surface area contributed by atoms with E-state index in [9.17, 15) is 9.59 Å². The summed E-state index contributed by atoms with van der Waals surface area (Å²) in [6.45, 7) is 3.74. The van der Waals surface area contributed by atoms with Crippen LogP contribution in [-0.2, 0) is 4.74 Å². The van der Waals surface area contributed by atoms with Crippen LogP contribution < -0.4 is 5.32 Å². The zero-order valence-corrected chi connectivity index (χ0v) is 18.0. The molecule has 1 unspecified atom stereocenters. The fraction of sp³-hybridized carbons (Fsp3) is 0.462. The van der Waals surface area contributed by atoms with Gasteiger partial charge in [-0.3, -0.25) is 9.59 Å². The fourth-order valence-corrected chi connectivity index (χ4v) is 5.20. The summed E-state index contributed by atoms with van der Waals surface area (Å²) in [5.41, 5.74) is 2.62. The molecule has 3 aliphatic rings. The number of Topliss-reactive ketones (excluding diaryl/α,β-unsaturated/α-hetero) is 1. The summed E-state index contributed by atoms with van der Waals surface area (Å²) in [6, 6.07) is 18.7. The fourth-order valence-electron chi connectivity index (χ4n) is 5.20. The molecule has 3 atom stereocenters. The molecule has 1 spiro atoms. The van der Waals surface area contributed by atoms with Gasteiger partial charge >= 0.3 is 0 Å². The Balaban J connectivity index is 1.12. The number of nitrogens with zero attached hydrogens (tertiary/aromatic N) is 1. The van der Waals surface area contributed by atoms with E-state index in [2.05, 4.69) is 35.6 Å². The van der Waals surface area contributed by atoms with Gasteiger partial charge in [-0.1, -0.05) is 42.5 Å². The van der Waals surface area contributed by atoms with Gasteiger partial charge in [-0.05, 0) is 50.3 Å². The number of piperidine rings is 1. The van der Waals surface area contributed by atoms with Crippen molar-refractivity contribution in [2.45, 2.75) is 56.2 Å². The quantitative estimate of drug-likeness (QED) is 0.751. The number of carbonyl (C=O) groups excluding carboxylic acids is 2. The van der Waals surface area contributed by atoms with Crippen LogP contribution in [0.5, 0.6) is 0 Å². The second-order valence-electron chi connectivity index (χ2n) is 9.35. The van der Waals surface area contributed by atoms with E-state index in [0.29, 0.717) is 29.1 Å². The van der Waals surface area contributed by atoms with Crippen LogP contribution in [-0.4, -0.2) is 54.0 Å². The molecule has 5 heteroatoms. The van der Waals surface area contributed by atoms with Crippen molar-refractivity contribution >= 4 is 11.7 Å². The second-order valence-corrected chi connectivity index (χ2v) is 9.35. The number of amides is 1. The Morgan fingerprint density at radius 3 is 2.35 bits per heavy atom. The lowest BCUT2D eigenvalue weighted by atomic mass is 9.87. The third-order valence-electron chi connectivity index (χ3n) is 7.18. The number of hydrogen-bond acceptors (Lipinski definition) is 4. The van der Waals surface area contributed by atoms with Gasteiger partial charge in [0.2, 0.25) is 0 Å². The van der Waals surface area contributed by atoms with E-state index in [1.807, 2.05) is 4.90 Å². The smallest absolute Gasteiger partial charge is 0.253 e. The Kier molecular flexibility index (Phi) is 5.40. The van der Waals surface area contributed by atoms with Crippen molar-refractivity contribution in [1.29, 1.82) is 0 Å². The molecular weight excluding hydrogens is 388 g/mol. The number of rotatable bonds is 5. The molecule has 2 heterocycles. The molecule has 3 fully saturated rings. The van der Waals surface area contributed by atoms with Gasteiger partial charge in [0.1, 0.15) is 0 Å². The van der Waals surface area contributed by atoms with E-state index in [-0.39, 0.29) is 17.3 Å². The SMILES string of the molecule is CC(=O)c1ccc(C(=O)N2CCC3(CC2)CC(N[C@@H]2C[C@H]2c2ccccc2)CO3)cc1. The van der Waals surface area contributed by atoms with Crippen LogP contribution in [0.1, 0.15) is 64.8 Å². The summed E-state index contributed by atoms with van der Waals surface area (Å²) in [5.74, 6) is 0.690. The van der Waals surface area contributed by atoms with Crippen LogP contribution >= 0.6 is 0 Å². The minimum atomic E-state index is -0.0932. The van der Waals surface area contributed by atoms with E-state index in [1.54, 1.807) is 24.3 Å². The third-order valence-corrected chi connectivity index (χ3v) is 7.18. The lowest BCUT2D eigenvalue weighted by molar-refractivity contribution is -0.0389. The lowest BCUT2D eigenvalue weighted by Gasteiger charge is -2.38. The topological polar surface area (TPSA) is 58.6 Å². The van der Waals surface area contributed by atoms with Crippen molar-refractivity contribution < 1.29 is 14.3 Å². The Bertz CT molecular complexity index is 948. The van der Waals surface area contributed by atoms with Crippen LogP contribution in [0.15, 0.2) is 54.6 Å². The molecule has 2 aromatic carbocycles. The number of carbonyl (C=O) groups is 2. The summed E-state index contributed by atoms with van der Waals surface area (Å²) in [7, 11) is 0. The number of benzene rings is 2. The summed E-state index contributed by atoms with van der Waals surface area (Å²) in [4.78, 5) is 26.2. The summed E-state index contributed by atoms with van der Waals surface area (Å²) in [5, 5.41) is 3.81. The van der Waals surface area contributed by atoms with Gasteiger partial charge in [-0.25, -0.2) is 0 Å². The summed E-state index contributed by atoms with van der Waals surface area (Å²) >= 11 is 0. The van der Waals surface area contributed by atoms with Crippen LogP contribution in [0.3, 0.4) is 0 Å². The van der Waals surface area contributed by atoms with Gasteiger partial charge in [0.05, 0.1) is 12.2 Å². The maximum absolute atomic E-state index is 12.9. The zero-order valence-electron chi connectivity index (χ0n) is 18.0. The molecule has 1 N–H and O–H groups in total. The third kappa shape index (κ3) is 4.30. The maximum atomic E-state index is 12.9. The van der Waals surface area contributed by atoms with Crippen molar-refractivity contribution in [2.75, 3.05) is 19.7 Å². The van der Waals surface area contributed by atoms with Crippen LogP contribution in [0.4, 0.5) is 0 Å². The van der Waals surface area contributed by atoms with E-state index in [0.717, 1.165) is 39.0 Å². The highest BCUT2D eigenvalue weighted by molar-refractivity contribution is 5.97. The number of nitrogens with one attached hydrogen (secondary N) is 1. The predicted octanol–water partition coefficient (Wildman–Crippen LogP) is 3.80. The number of hydrogen-bond donors (Lipinski definition) is 1. The van der Waals surface area contributed by atoms with Gasteiger partial charge in [0, 0.05) is 42.2 Å². The first-order valence-corrected chi connectivity index (χ1v) is 11.4. The predicted molar refractivity (Wildman–Crippen MR) is 119 cm³/mol. The minimum absolute atomic E-state index is 0.0155. The Morgan fingerprint density at radius 2 is 1.68 bits per heavy atom. The Labute approximate surface area is 183 Å². The molecule has 162 valence electrons. The highest BCUT2D eigenvalue weighted by atomic mass is 16.5. The van der Waals surface area contributed by atoms with Crippen LogP contribution in [0.25, 0.3) is 0 Å². The number of likely N-dealkylation sites (tertiary alicyclic amines) is 1. The first-order chi connectivity index (χ1) is 15.0. The van der Waals surface area contributed by atoms with Gasteiger partial charge in [-0.2, -0.15) is 0 Å². The molecule has 31 heavy (non-hydrogen) atoms. The highest BCUT2D eigenvalue weighted by Gasteiger charge is 2.46. The Hall–Kier alpha value is -2.50. The molecule has 1 aliphatic carbocycles. The van der Waals surface area contributed by atoms with Gasteiger partial charge < -0.3 is 15.0 Å². The molecule has 5 rings (SSSR count). The molecule has 5 nitrogen and oxygen atoms in total. The average Bonchev–Trinajstić information content (AvgIpc) is 3.47. The Morgan fingerprint density at radius 1 is 1.00 bits per heavy atom. The summed E-state index contributed by atoms with van der Waals surface area (Å²) < 4.78 is 6.30. The minimum Gasteiger partial charge on any atom is -0.373 e. The second kappa shape index (κ2) is 8.21. The molecule has 2 aliphatic heterocycles. The van der Waals surface area contributed by atoms with Crippen molar-refractivity contribution in [3.63, 3.8) is 0 Å². The highest BCUT2D eigenvalue weighted by Crippen LogP contribution is 2.43. The van der Waals surface area contributed by atoms with E-state index >= 15 is 0 Å². The molecule has 1 saturated carbocycles. The van der Waals surface area contributed by atoms with Gasteiger partial charge in [-0.15, -0.1) is 0 Å². The molecule has 1 amide bonds. The largest absolute Gasteiger partial charge is 0.373 e. The van der Waals surface area contributed by atoms with E-state index in [4.69, 9.17) is 4.74 Å². The average molecular weight is 419 g/mol. The first kappa shape index (κ1) is 20.4. The summed E-state index contributed by atoms with van der Waals surface area (Å²) in [6.07, 6.45) is 4.00. The molecular formula is C26H30N2O3. The monoisotopic (exact) mass is 418 g/mol. The van der Waals surface area contributed by atoms with Crippen LogP contribution in [0.2, 0.25) is 0 Å². The van der Waals surface area contributed by atoms with Crippen molar-refractivity contribution in [2.24, 2.45) is 0 Å². The van der Waals surface area contributed by atoms with E-state index in [1.165, 1.54) is 18.9 Å². The molecule has 2 aromatic rings. The molecule has 2 saturated heterocycles. The number of ketones is 1. The zero-order chi connectivity index (χ0) is 21.4. The molecule has 0 bridgehead atoms. The lowest BCUT2D eigenvalue weighted by Crippen LogP contribution is -2.47. The van der Waals surface area contributed by atoms with Crippen molar-refractivity contribution in [1.82, 2.24) is 10.2 Å². The standard InChI is InChI=1S/C26H30N2O3/c1-18(29)19-7-9-21(10-8-19)25(30)28-13-11-26(12-14-28)16-22(17-31-26)27-24-15-23(24)20-5-3-2-4-6-20/h2-10,22-24,27H,11-17H2,1H3/t22?,23-,24+/m0/s1. The molecule has 0 aromatic heterocycles. The van der Waals surface area contributed by atoms with Crippen LogP contribution in [0, 0.1) is 0 Å². The van der Waals surface area contributed by atoms with Crippen molar-refractivity contribution in [3.8, 4) is 0 Å².